The third-order valence-electron chi connectivity index (χ3n) is 5.01. The third kappa shape index (κ3) is 3.13. The molecule has 1 aliphatic rings. The van der Waals surface area contributed by atoms with Crippen molar-refractivity contribution in [3.05, 3.63) is 69.3 Å². The number of aromatic nitrogens is 1. The van der Waals surface area contributed by atoms with Gasteiger partial charge in [-0.2, -0.15) is 0 Å². The van der Waals surface area contributed by atoms with Crippen molar-refractivity contribution in [1.82, 2.24) is 9.88 Å². The summed E-state index contributed by atoms with van der Waals surface area (Å²) in [6.07, 6.45) is 1.60. The fraction of sp³-hybridized carbons (Fsp3) is 0.0952. The van der Waals surface area contributed by atoms with Gasteiger partial charge in [0.2, 0.25) is 0 Å². The predicted molar refractivity (Wildman–Crippen MR) is 120 cm³/mol. The number of anilines is 1. The Morgan fingerprint density at radius 3 is 2.55 bits per heavy atom. The number of benzene rings is 2. The second kappa shape index (κ2) is 7.30. The van der Waals surface area contributed by atoms with E-state index in [-0.39, 0.29) is 20.7 Å². The summed E-state index contributed by atoms with van der Waals surface area (Å²) < 4.78 is 2.02. The smallest absolute Gasteiger partial charge is 0.270 e. The molecule has 0 bridgehead atoms. The molecule has 0 saturated carbocycles. The quantitative estimate of drug-likeness (QED) is 0.357. The van der Waals surface area contributed by atoms with Gasteiger partial charge in [0.25, 0.3) is 11.8 Å². The van der Waals surface area contributed by atoms with Crippen LogP contribution in [0.2, 0.25) is 10.0 Å². The zero-order chi connectivity index (χ0) is 20.9. The number of rotatable bonds is 2. The Balaban J connectivity index is 1.88. The van der Waals surface area contributed by atoms with Crippen molar-refractivity contribution in [2.24, 2.45) is 7.05 Å². The van der Waals surface area contributed by atoms with Crippen LogP contribution in [0.1, 0.15) is 11.3 Å². The molecule has 0 atom stereocenters. The van der Waals surface area contributed by atoms with Gasteiger partial charge in [-0.1, -0.05) is 47.5 Å². The maximum atomic E-state index is 13.3. The molecule has 2 heterocycles. The monoisotopic (exact) mass is 443 g/mol. The molecule has 5 nitrogen and oxygen atoms in total. The zero-order valence-corrected chi connectivity index (χ0v) is 17.8. The maximum absolute atomic E-state index is 13.3. The summed E-state index contributed by atoms with van der Waals surface area (Å²) in [6.45, 7) is 1.94. The second-order valence-corrected chi connectivity index (χ2v) is 7.78. The summed E-state index contributed by atoms with van der Waals surface area (Å²) in [5.74, 6) is -1.11. The number of carbonyl (C=O) groups excluding carboxylic acids is 2. The molecule has 2 amide bonds. The van der Waals surface area contributed by atoms with E-state index in [1.165, 1.54) is 4.90 Å². The highest BCUT2D eigenvalue weighted by atomic mass is 35.5. The van der Waals surface area contributed by atoms with E-state index < -0.39 is 11.8 Å². The molecule has 2 aromatic carbocycles. The number of aryl methyl sites for hydroxylation is 1. The number of hydrogen-bond donors (Lipinski definition) is 1. The lowest BCUT2D eigenvalue weighted by Crippen LogP contribution is -2.54. The van der Waals surface area contributed by atoms with Crippen LogP contribution in [0, 0.1) is 6.92 Å². The van der Waals surface area contributed by atoms with Gasteiger partial charge in [-0.15, -0.1) is 0 Å². The Bertz CT molecular complexity index is 1250. The lowest BCUT2D eigenvalue weighted by Gasteiger charge is -2.29. The molecule has 0 spiro atoms. The molecule has 3 aromatic rings. The summed E-state index contributed by atoms with van der Waals surface area (Å²) in [5.41, 5.74) is 3.01. The van der Waals surface area contributed by atoms with Gasteiger partial charge in [0.1, 0.15) is 5.57 Å². The van der Waals surface area contributed by atoms with Crippen LogP contribution in [0.15, 0.2) is 48.0 Å². The van der Waals surface area contributed by atoms with Crippen molar-refractivity contribution in [3.63, 3.8) is 0 Å². The van der Waals surface area contributed by atoms with E-state index in [9.17, 15) is 9.59 Å². The van der Waals surface area contributed by atoms with Crippen LogP contribution in [-0.2, 0) is 16.6 Å². The topological polar surface area (TPSA) is 54.3 Å². The molecular weight excluding hydrogens is 429 g/mol. The first-order valence-electron chi connectivity index (χ1n) is 8.70. The Labute approximate surface area is 182 Å². The summed E-state index contributed by atoms with van der Waals surface area (Å²) >= 11 is 17.6. The molecular formula is C21H15Cl2N3O2S. The van der Waals surface area contributed by atoms with Crippen LogP contribution in [0.4, 0.5) is 5.69 Å². The lowest BCUT2D eigenvalue weighted by molar-refractivity contribution is -0.122. The highest BCUT2D eigenvalue weighted by Crippen LogP contribution is 2.35. The molecule has 1 fully saturated rings. The van der Waals surface area contributed by atoms with E-state index >= 15 is 0 Å². The largest absolute Gasteiger partial charge is 0.347 e. The van der Waals surface area contributed by atoms with E-state index in [1.54, 1.807) is 24.3 Å². The van der Waals surface area contributed by atoms with Crippen LogP contribution in [0.3, 0.4) is 0 Å². The first kappa shape index (κ1) is 19.6. The number of fused-ring (bicyclic) bond motifs is 1. The van der Waals surface area contributed by atoms with Crippen LogP contribution < -0.4 is 10.2 Å². The van der Waals surface area contributed by atoms with Crippen LogP contribution in [0.5, 0.6) is 0 Å². The molecule has 1 aromatic heterocycles. The first-order valence-corrected chi connectivity index (χ1v) is 9.87. The van der Waals surface area contributed by atoms with Gasteiger partial charge in [0.05, 0.1) is 15.7 Å². The van der Waals surface area contributed by atoms with Gasteiger partial charge in [0.15, 0.2) is 5.11 Å². The minimum absolute atomic E-state index is 0.0332. The van der Waals surface area contributed by atoms with Gasteiger partial charge in [-0.3, -0.25) is 19.8 Å². The number of para-hydroxylation sites is 1. The van der Waals surface area contributed by atoms with E-state index in [2.05, 4.69) is 5.32 Å². The molecule has 1 N–H and O–H groups in total. The Hall–Kier alpha value is -2.67. The average Bonchev–Trinajstić information content (AvgIpc) is 2.93. The van der Waals surface area contributed by atoms with Crippen LogP contribution in [-0.4, -0.2) is 21.5 Å². The molecule has 1 saturated heterocycles. The average molecular weight is 444 g/mol. The summed E-state index contributed by atoms with van der Waals surface area (Å²) in [5, 5.41) is 3.94. The second-order valence-electron chi connectivity index (χ2n) is 6.61. The molecule has 1 aliphatic heterocycles. The molecule has 8 heteroatoms. The molecule has 0 radical (unpaired) electrons. The molecule has 146 valence electrons. The van der Waals surface area contributed by atoms with Gasteiger partial charge >= 0.3 is 0 Å². The van der Waals surface area contributed by atoms with E-state index in [0.717, 1.165) is 22.2 Å². The van der Waals surface area contributed by atoms with Crippen molar-refractivity contribution < 1.29 is 9.59 Å². The number of nitrogens with zero attached hydrogens (tertiary/aromatic N) is 2. The van der Waals surface area contributed by atoms with Crippen molar-refractivity contribution in [2.75, 3.05) is 4.90 Å². The summed E-state index contributed by atoms with van der Waals surface area (Å²) in [6, 6.07) is 12.7. The lowest BCUT2D eigenvalue weighted by atomic mass is 10.0. The third-order valence-corrected chi connectivity index (χ3v) is 6.10. The Morgan fingerprint density at radius 1 is 1.07 bits per heavy atom. The predicted octanol–water partition coefficient (Wildman–Crippen LogP) is 4.62. The fourth-order valence-corrected chi connectivity index (χ4v) is 4.07. The summed E-state index contributed by atoms with van der Waals surface area (Å²) in [7, 11) is 1.94. The van der Waals surface area contributed by atoms with Crippen molar-refractivity contribution in [3.8, 4) is 0 Å². The van der Waals surface area contributed by atoms with Crippen LogP contribution in [0.25, 0.3) is 17.0 Å². The normalized spacial score (nSPS) is 16.1. The van der Waals surface area contributed by atoms with Gasteiger partial charge < -0.3 is 4.57 Å². The highest BCUT2D eigenvalue weighted by Gasteiger charge is 2.36. The SMILES string of the molecule is Cc1c(/C=C2/C(=O)NC(=S)N(c3cccc(Cl)c3Cl)C2=O)c2ccccc2n1C. The fourth-order valence-electron chi connectivity index (χ4n) is 3.42. The standard InChI is InChI=1S/C21H15Cl2N3O2S/c1-11-13(12-6-3-4-8-16(12)25(11)2)10-14-19(27)24-21(29)26(20(14)28)17-9-5-7-15(22)18(17)23/h3-10H,1-2H3,(H,24,27,29)/b14-10-. The highest BCUT2D eigenvalue weighted by molar-refractivity contribution is 7.80. The number of halogens is 2. The minimum Gasteiger partial charge on any atom is -0.347 e. The number of hydrogen-bond acceptors (Lipinski definition) is 3. The Morgan fingerprint density at radius 2 is 1.79 bits per heavy atom. The Kier molecular flexibility index (Phi) is 4.94. The number of thiocarbonyl (C=S) groups is 1. The summed E-state index contributed by atoms with van der Waals surface area (Å²) in [4.78, 5) is 27.1. The minimum atomic E-state index is -0.560. The molecule has 0 unspecified atom stereocenters. The van der Waals surface area contributed by atoms with Crippen molar-refractivity contribution in [1.29, 1.82) is 0 Å². The van der Waals surface area contributed by atoms with Crippen LogP contribution >= 0.6 is 35.4 Å². The van der Waals surface area contributed by atoms with Gasteiger partial charge in [-0.05, 0) is 43.4 Å². The van der Waals surface area contributed by atoms with Crippen molar-refractivity contribution in [2.45, 2.75) is 6.92 Å². The maximum Gasteiger partial charge on any atom is 0.270 e. The van der Waals surface area contributed by atoms with Crippen molar-refractivity contribution >= 4 is 75.0 Å². The number of nitrogens with one attached hydrogen (secondary N) is 1. The van der Waals surface area contributed by atoms with E-state index in [4.69, 9.17) is 35.4 Å². The van der Waals surface area contributed by atoms with Gasteiger partial charge in [-0.25, -0.2) is 0 Å². The van der Waals surface area contributed by atoms with Gasteiger partial charge in [0, 0.05) is 29.2 Å². The van der Waals surface area contributed by atoms with E-state index in [0.29, 0.717) is 5.69 Å². The molecule has 4 rings (SSSR count). The zero-order valence-electron chi connectivity index (χ0n) is 15.5. The first-order chi connectivity index (χ1) is 13.8. The molecule has 29 heavy (non-hydrogen) atoms. The number of carbonyl (C=O) groups is 2. The molecule has 0 aliphatic carbocycles. The van der Waals surface area contributed by atoms with E-state index in [1.807, 2.05) is 42.8 Å². The number of amides is 2.